The van der Waals surface area contributed by atoms with E-state index in [4.69, 9.17) is 56.2 Å². The molecule has 30 heavy (non-hydrogen) atoms. The van der Waals surface area contributed by atoms with E-state index in [9.17, 15) is 0 Å². The second-order valence-corrected chi connectivity index (χ2v) is 9.33. The van der Waals surface area contributed by atoms with Crippen LogP contribution in [0.3, 0.4) is 0 Å². The fraction of sp³-hybridized carbons (Fsp3) is 0.143. The normalized spacial score (nSPS) is 16.1. The Labute approximate surface area is 198 Å². The molecule has 0 saturated heterocycles. The number of rotatable bonds is 5. The summed E-state index contributed by atoms with van der Waals surface area (Å²) in [5, 5.41) is 2.25. The number of pyridine rings is 1. The van der Waals surface area contributed by atoms with Gasteiger partial charge in [0.15, 0.2) is 5.84 Å². The lowest BCUT2D eigenvalue weighted by Crippen LogP contribution is -2.37. The van der Waals surface area contributed by atoms with Crippen molar-refractivity contribution in [3.8, 4) is 0 Å². The van der Waals surface area contributed by atoms with Crippen molar-refractivity contribution in [3.05, 3.63) is 86.1 Å². The first-order valence-electron chi connectivity index (χ1n) is 8.97. The third-order valence-electron chi connectivity index (χ3n) is 4.34. The van der Waals surface area contributed by atoms with Crippen LogP contribution in [0.5, 0.6) is 0 Å². The number of aliphatic imine (C=N–C) groups is 1. The zero-order valence-electron chi connectivity index (χ0n) is 15.4. The number of amidine groups is 1. The number of hydrogen-bond acceptors (Lipinski definition) is 5. The smallest absolute Gasteiger partial charge is 0.154 e. The molecule has 1 aliphatic rings. The summed E-state index contributed by atoms with van der Waals surface area (Å²) in [6, 6.07) is 14.7. The van der Waals surface area contributed by atoms with Gasteiger partial charge in [0.05, 0.1) is 12.6 Å². The van der Waals surface area contributed by atoms with Gasteiger partial charge in [-0.25, -0.2) is 10.5 Å². The maximum absolute atomic E-state index is 6.32. The number of hydrogen-bond donors (Lipinski definition) is 1. The average Bonchev–Trinajstić information content (AvgIpc) is 2.72. The maximum atomic E-state index is 6.32. The SMILES string of the molecule is Clc1cccc(Sc2cnc(Cl)cc2C2=N[C@H](Cc3ccc(Cl)cc3Cl)CON2)c1. The van der Waals surface area contributed by atoms with Crippen molar-refractivity contribution in [2.45, 2.75) is 22.3 Å². The summed E-state index contributed by atoms with van der Waals surface area (Å²) < 4.78 is 0. The topological polar surface area (TPSA) is 46.5 Å². The zero-order valence-corrected chi connectivity index (χ0v) is 19.3. The quantitative estimate of drug-likeness (QED) is 0.395. The van der Waals surface area contributed by atoms with Crippen molar-refractivity contribution in [3.63, 3.8) is 0 Å². The number of hydroxylamine groups is 1. The molecule has 1 atom stereocenters. The van der Waals surface area contributed by atoms with E-state index in [1.54, 1.807) is 18.3 Å². The molecule has 154 valence electrons. The van der Waals surface area contributed by atoms with Gasteiger partial charge in [0.2, 0.25) is 0 Å². The molecular formula is C21H15Cl4N3OS. The van der Waals surface area contributed by atoms with Gasteiger partial charge in [-0.1, -0.05) is 70.3 Å². The molecule has 0 amide bonds. The second-order valence-electron chi connectivity index (χ2n) is 6.55. The van der Waals surface area contributed by atoms with Crippen LogP contribution in [-0.2, 0) is 11.3 Å². The van der Waals surface area contributed by atoms with E-state index in [-0.39, 0.29) is 6.04 Å². The minimum Gasteiger partial charge on any atom is -0.272 e. The van der Waals surface area contributed by atoms with Crippen molar-refractivity contribution >= 4 is 64.0 Å². The highest BCUT2D eigenvalue weighted by atomic mass is 35.5. The summed E-state index contributed by atoms with van der Waals surface area (Å²) in [5.74, 6) is 0.588. The molecule has 1 N–H and O–H groups in total. The van der Waals surface area contributed by atoms with Gasteiger partial charge in [0, 0.05) is 36.6 Å². The number of benzene rings is 2. The summed E-state index contributed by atoms with van der Waals surface area (Å²) in [6.45, 7) is 0.415. The molecule has 0 spiro atoms. The second kappa shape index (κ2) is 9.77. The van der Waals surface area contributed by atoms with Gasteiger partial charge in [-0.05, 0) is 48.4 Å². The Balaban J connectivity index is 1.62. The van der Waals surface area contributed by atoms with Crippen molar-refractivity contribution in [2.24, 2.45) is 4.99 Å². The molecule has 0 aliphatic carbocycles. The van der Waals surface area contributed by atoms with E-state index >= 15 is 0 Å². The Morgan fingerprint density at radius 3 is 2.67 bits per heavy atom. The Morgan fingerprint density at radius 2 is 1.87 bits per heavy atom. The summed E-state index contributed by atoms with van der Waals surface area (Å²) in [4.78, 5) is 16.5. The van der Waals surface area contributed by atoms with E-state index < -0.39 is 0 Å². The minimum absolute atomic E-state index is 0.115. The highest BCUT2D eigenvalue weighted by Crippen LogP contribution is 2.33. The fourth-order valence-corrected chi connectivity index (χ4v) is 4.82. The molecule has 0 saturated carbocycles. The molecule has 9 heteroatoms. The molecule has 1 aliphatic heterocycles. The van der Waals surface area contributed by atoms with Crippen LogP contribution in [0.1, 0.15) is 11.1 Å². The van der Waals surface area contributed by atoms with Crippen LogP contribution < -0.4 is 5.48 Å². The Kier molecular flexibility index (Phi) is 7.08. The molecule has 4 nitrogen and oxygen atoms in total. The van der Waals surface area contributed by atoms with Crippen molar-refractivity contribution in [1.82, 2.24) is 10.5 Å². The molecule has 2 aromatic carbocycles. The van der Waals surface area contributed by atoms with Gasteiger partial charge in [0.25, 0.3) is 0 Å². The Morgan fingerprint density at radius 1 is 1.03 bits per heavy atom. The zero-order chi connectivity index (χ0) is 21.1. The van der Waals surface area contributed by atoms with Crippen molar-refractivity contribution in [1.29, 1.82) is 0 Å². The number of nitrogens with zero attached hydrogens (tertiary/aromatic N) is 2. The van der Waals surface area contributed by atoms with Gasteiger partial charge in [-0.3, -0.25) is 9.83 Å². The molecule has 2 heterocycles. The lowest BCUT2D eigenvalue weighted by molar-refractivity contribution is 0.0623. The summed E-state index contributed by atoms with van der Waals surface area (Å²) in [5.41, 5.74) is 4.67. The van der Waals surface area contributed by atoms with E-state index in [0.29, 0.717) is 39.1 Å². The third-order valence-corrected chi connectivity index (χ3v) is 6.40. The molecule has 0 bridgehead atoms. The van der Waals surface area contributed by atoms with Crippen LogP contribution in [0.4, 0.5) is 0 Å². The Bertz CT molecular complexity index is 1110. The fourth-order valence-electron chi connectivity index (χ4n) is 2.96. The van der Waals surface area contributed by atoms with Crippen LogP contribution in [0.2, 0.25) is 20.2 Å². The van der Waals surface area contributed by atoms with Gasteiger partial charge < -0.3 is 0 Å². The first kappa shape index (κ1) is 21.8. The molecule has 1 aromatic heterocycles. The monoisotopic (exact) mass is 497 g/mol. The predicted octanol–water partition coefficient (Wildman–Crippen LogP) is 6.74. The lowest BCUT2D eigenvalue weighted by atomic mass is 10.1. The molecule has 0 radical (unpaired) electrons. The average molecular weight is 499 g/mol. The van der Waals surface area contributed by atoms with E-state index in [0.717, 1.165) is 20.9 Å². The highest BCUT2D eigenvalue weighted by Gasteiger charge is 2.21. The van der Waals surface area contributed by atoms with Gasteiger partial charge in [0.1, 0.15) is 5.15 Å². The summed E-state index contributed by atoms with van der Waals surface area (Å²) >= 11 is 26.1. The molecule has 3 aromatic rings. The molecular weight excluding hydrogens is 484 g/mol. The summed E-state index contributed by atoms with van der Waals surface area (Å²) in [7, 11) is 0. The predicted molar refractivity (Wildman–Crippen MR) is 124 cm³/mol. The van der Waals surface area contributed by atoms with E-state index in [1.165, 1.54) is 11.8 Å². The molecule has 0 unspecified atom stereocenters. The van der Waals surface area contributed by atoms with E-state index in [2.05, 4.69) is 10.5 Å². The first-order valence-corrected chi connectivity index (χ1v) is 11.3. The van der Waals surface area contributed by atoms with Crippen LogP contribution in [0, 0.1) is 0 Å². The minimum atomic E-state index is -0.115. The van der Waals surface area contributed by atoms with Gasteiger partial charge in [-0.2, -0.15) is 0 Å². The standard InChI is InChI=1S/C21H15Cl4N3OS/c22-13-2-1-3-16(7-13)30-19-10-26-20(25)9-17(19)21-27-15(11-29-28-21)6-12-4-5-14(23)8-18(12)24/h1-5,7-10,15H,6,11H2,(H,27,28)/t15-/m1/s1. The first-order chi connectivity index (χ1) is 14.5. The Hall–Kier alpha value is -1.47. The van der Waals surface area contributed by atoms with Crippen LogP contribution >= 0.6 is 58.2 Å². The third kappa shape index (κ3) is 5.41. The van der Waals surface area contributed by atoms with Crippen LogP contribution in [0.15, 0.2) is 69.5 Å². The van der Waals surface area contributed by atoms with E-state index in [1.807, 2.05) is 36.4 Å². The molecule has 4 rings (SSSR count). The van der Waals surface area contributed by atoms with Gasteiger partial charge >= 0.3 is 0 Å². The lowest BCUT2D eigenvalue weighted by Gasteiger charge is -2.23. The van der Waals surface area contributed by atoms with Crippen LogP contribution in [0.25, 0.3) is 0 Å². The van der Waals surface area contributed by atoms with Crippen LogP contribution in [-0.4, -0.2) is 23.5 Å². The maximum Gasteiger partial charge on any atom is 0.154 e. The number of aromatic nitrogens is 1. The highest BCUT2D eigenvalue weighted by molar-refractivity contribution is 7.99. The number of nitrogens with one attached hydrogen (secondary N) is 1. The largest absolute Gasteiger partial charge is 0.272 e. The van der Waals surface area contributed by atoms with Crippen molar-refractivity contribution in [2.75, 3.05) is 6.61 Å². The molecule has 0 fully saturated rings. The summed E-state index contributed by atoms with van der Waals surface area (Å²) in [6.07, 6.45) is 2.34. The number of halogens is 4. The van der Waals surface area contributed by atoms with Crippen molar-refractivity contribution < 1.29 is 4.84 Å². The van der Waals surface area contributed by atoms with Gasteiger partial charge in [-0.15, -0.1) is 0 Å².